The summed E-state index contributed by atoms with van der Waals surface area (Å²) in [5, 5.41) is 3.56. The Kier molecular flexibility index (Phi) is 3.38. The summed E-state index contributed by atoms with van der Waals surface area (Å²) in [6, 6.07) is 0.795. The molecule has 3 atom stereocenters. The lowest BCUT2D eigenvalue weighted by Gasteiger charge is -2.34. The van der Waals surface area contributed by atoms with Gasteiger partial charge in [0.05, 0.1) is 0 Å². The van der Waals surface area contributed by atoms with Gasteiger partial charge in [0.15, 0.2) is 0 Å². The van der Waals surface area contributed by atoms with Crippen LogP contribution in [0.1, 0.15) is 40.0 Å². The van der Waals surface area contributed by atoms with Gasteiger partial charge in [0.1, 0.15) is 0 Å². The van der Waals surface area contributed by atoms with Gasteiger partial charge in [-0.3, -0.25) is 0 Å². The van der Waals surface area contributed by atoms with Gasteiger partial charge in [0, 0.05) is 6.04 Å². The van der Waals surface area contributed by atoms with E-state index < -0.39 is 0 Å². The lowest BCUT2D eigenvalue weighted by molar-refractivity contribution is 0.209. The first-order chi connectivity index (χ1) is 5.25. The third kappa shape index (κ3) is 2.19. The van der Waals surface area contributed by atoms with E-state index in [-0.39, 0.29) is 0 Å². The average molecular weight is 155 g/mol. The fourth-order valence-electron chi connectivity index (χ4n) is 2.13. The van der Waals surface area contributed by atoms with Gasteiger partial charge in [-0.1, -0.05) is 33.6 Å². The molecule has 1 saturated carbocycles. The molecule has 1 aliphatic carbocycles. The molecule has 0 aliphatic heterocycles. The van der Waals surface area contributed by atoms with Crippen molar-refractivity contribution in [3.63, 3.8) is 0 Å². The molecular weight excluding hydrogens is 134 g/mol. The summed E-state index contributed by atoms with van der Waals surface area (Å²) in [7, 11) is 0. The van der Waals surface area contributed by atoms with Crippen LogP contribution in [-0.4, -0.2) is 12.6 Å². The Hall–Kier alpha value is -0.0400. The zero-order chi connectivity index (χ0) is 8.27. The number of hydrogen-bond donors (Lipinski definition) is 1. The van der Waals surface area contributed by atoms with Crippen molar-refractivity contribution in [2.24, 2.45) is 11.8 Å². The SMILES string of the molecule is CCN[C@H]1CCC[C@H](C)[C@@H]1C. The van der Waals surface area contributed by atoms with Crippen molar-refractivity contribution in [1.29, 1.82) is 0 Å². The molecule has 0 spiro atoms. The molecule has 1 fully saturated rings. The molecule has 0 aromatic heterocycles. The monoisotopic (exact) mass is 155 g/mol. The molecule has 0 bridgehead atoms. The van der Waals surface area contributed by atoms with Crippen molar-refractivity contribution in [1.82, 2.24) is 5.32 Å². The molecule has 0 aromatic rings. The highest BCUT2D eigenvalue weighted by Crippen LogP contribution is 2.29. The van der Waals surface area contributed by atoms with Gasteiger partial charge in [-0.05, 0) is 24.8 Å². The van der Waals surface area contributed by atoms with Gasteiger partial charge in [-0.15, -0.1) is 0 Å². The summed E-state index contributed by atoms with van der Waals surface area (Å²) in [5.74, 6) is 1.80. The van der Waals surface area contributed by atoms with Crippen molar-refractivity contribution in [2.45, 2.75) is 46.1 Å². The quantitative estimate of drug-likeness (QED) is 0.645. The lowest BCUT2D eigenvalue weighted by atomic mass is 9.78. The number of nitrogens with one attached hydrogen (secondary N) is 1. The predicted molar refractivity (Wildman–Crippen MR) is 49.6 cm³/mol. The fraction of sp³-hybridized carbons (Fsp3) is 1.00. The minimum Gasteiger partial charge on any atom is -0.314 e. The zero-order valence-electron chi connectivity index (χ0n) is 8.06. The molecule has 1 heteroatoms. The first kappa shape index (κ1) is 9.05. The predicted octanol–water partition coefficient (Wildman–Crippen LogP) is 2.42. The Bertz CT molecular complexity index is 109. The second kappa shape index (κ2) is 4.10. The average Bonchev–Trinajstić information content (AvgIpc) is 1.99. The summed E-state index contributed by atoms with van der Waals surface area (Å²) in [6.45, 7) is 8.10. The van der Waals surface area contributed by atoms with Crippen molar-refractivity contribution in [3.8, 4) is 0 Å². The molecule has 1 aliphatic rings. The summed E-state index contributed by atoms with van der Waals surface area (Å²) in [6.07, 6.45) is 4.24. The minimum atomic E-state index is 0.795. The third-order valence-corrected chi connectivity index (χ3v) is 3.17. The zero-order valence-corrected chi connectivity index (χ0v) is 8.06. The second-order valence-corrected chi connectivity index (χ2v) is 3.93. The maximum Gasteiger partial charge on any atom is 0.00951 e. The van der Waals surface area contributed by atoms with E-state index in [1.54, 1.807) is 0 Å². The standard InChI is InChI=1S/C10H21N/c1-4-11-10-7-5-6-8(2)9(10)3/h8-11H,4-7H2,1-3H3/t8-,9-,10-/m0/s1. The van der Waals surface area contributed by atoms with Crippen LogP contribution in [0.25, 0.3) is 0 Å². The van der Waals surface area contributed by atoms with E-state index in [9.17, 15) is 0 Å². The summed E-state index contributed by atoms with van der Waals surface area (Å²) in [4.78, 5) is 0. The molecule has 0 amide bonds. The van der Waals surface area contributed by atoms with E-state index in [0.717, 1.165) is 24.4 Å². The lowest BCUT2D eigenvalue weighted by Crippen LogP contribution is -2.40. The largest absolute Gasteiger partial charge is 0.314 e. The molecule has 11 heavy (non-hydrogen) atoms. The molecule has 0 aromatic carbocycles. The summed E-state index contributed by atoms with van der Waals surface area (Å²) < 4.78 is 0. The van der Waals surface area contributed by atoms with Gasteiger partial charge in [-0.2, -0.15) is 0 Å². The van der Waals surface area contributed by atoms with Gasteiger partial charge in [-0.25, -0.2) is 0 Å². The summed E-state index contributed by atoms with van der Waals surface area (Å²) >= 11 is 0. The van der Waals surface area contributed by atoms with Gasteiger partial charge in [0.25, 0.3) is 0 Å². The van der Waals surface area contributed by atoms with Crippen LogP contribution in [-0.2, 0) is 0 Å². The highest BCUT2D eigenvalue weighted by Gasteiger charge is 2.25. The minimum absolute atomic E-state index is 0.795. The topological polar surface area (TPSA) is 12.0 Å². The fourth-order valence-corrected chi connectivity index (χ4v) is 2.13. The molecule has 0 saturated heterocycles. The molecule has 0 heterocycles. The van der Waals surface area contributed by atoms with Crippen LogP contribution in [0.3, 0.4) is 0 Å². The van der Waals surface area contributed by atoms with Crippen LogP contribution in [0.4, 0.5) is 0 Å². The maximum atomic E-state index is 3.56. The van der Waals surface area contributed by atoms with Crippen molar-refractivity contribution >= 4 is 0 Å². The first-order valence-corrected chi connectivity index (χ1v) is 4.99. The molecule has 1 rings (SSSR count). The van der Waals surface area contributed by atoms with Gasteiger partial charge >= 0.3 is 0 Å². The van der Waals surface area contributed by atoms with Gasteiger partial charge < -0.3 is 5.32 Å². The Balaban J connectivity index is 2.38. The molecule has 1 nitrogen and oxygen atoms in total. The Labute approximate surface area is 70.6 Å². The van der Waals surface area contributed by atoms with Crippen LogP contribution in [0, 0.1) is 11.8 Å². The summed E-state index contributed by atoms with van der Waals surface area (Å²) in [5.41, 5.74) is 0. The third-order valence-electron chi connectivity index (χ3n) is 3.17. The normalized spacial score (nSPS) is 39.0. The van der Waals surface area contributed by atoms with Gasteiger partial charge in [0.2, 0.25) is 0 Å². The second-order valence-electron chi connectivity index (χ2n) is 3.93. The van der Waals surface area contributed by atoms with E-state index in [4.69, 9.17) is 0 Å². The van der Waals surface area contributed by atoms with Crippen LogP contribution < -0.4 is 5.32 Å². The number of rotatable bonds is 2. The van der Waals surface area contributed by atoms with Crippen LogP contribution in [0.5, 0.6) is 0 Å². The van der Waals surface area contributed by atoms with Crippen molar-refractivity contribution in [2.75, 3.05) is 6.54 Å². The van der Waals surface area contributed by atoms with E-state index in [1.165, 1.54) is 19.3 Å². The van der Waals surface area contributed by atoms with Crippen LogP contribution in [0.15, 0.2) is 0 Å². The van der Waals surface area contributed by atoms with E-state index in [0.29, 0.717) is 0 Å². The Morgan fingerprint density at radius 1 is 1.27 bits per heavy atom. The molecular formula is C10H21N. The number of hydrogen-bond acceptors (Lipinski definition) is 1. The highest BCUT2D eigenvalue weighted by molar-refractivity contribution is 4.81. The van der Waals surface area contributed by atoms with Crippen LogP contribution in [0.2, 0.25) is 0 Å². The van der Waals surface area contributed by atoms with E-state index >= 15 is 0 Å². The first-order valence-electron chi connectivity index (χ1n) is 4.99. The van der Waals surface area contributed by atoms with Crippen molar-refractivity contribution in [3.05, 3.63) is 0 Å². The van der Waals surface area contributed by atoms with E-state index in [2.05, 4.69) is 26.1 Å². The van der Waals surface area contributed by atoms with E-state index in [1.807, 2.05) is 0 Å². The Morgan fingerprint density at radius 2 is 2.00 bits per heavy atom. The highest BCUT2D eigenvalue weighted by atomic mass is 14.9. The maximum absolute atomic E-state index is 3.56. The van der Waals surface area contributed by atoms with Crippen LogP contribution >= 0.6 is 0 Å². The smallest absolute Gasteiger partial charge is 0.00951 e. The Morgan fingerprint density at radius 3 is 2.64 bits per heavy atom. The molecule has 0 unspecified atom stereocenters. The molecule has 0 radical (unpaired) electrons. The molecule has 66 valence electrons. The van der Waals surface area contributed by atoms with Crippen molar-refractivity contribution < 1.29 is 0 Å². The molecule has 1 N–H and O–H groups in total.